The normalized spacial score (nSPS) is 11.0. The molecule has 0 atom stereocenters. The lowest BCUT2D eigenvalue weighted by Gasteiger charge is -2.28. The number of nitrogens with zero attached hydrogens (tertiary/aromatic N) is 1. The minimum absolute atomic E-state index is 0.0204. The Kier molecular flexibility index (Phi) is 3.96. The van der Waals surface area contributed by atoms with Crippen molar-refractivity contribution in [3.05, 3.63) is 12.7 Å². The molecule has 0 spiro atoms. The van der Waals surface area contributed by atoms with Crippen LogP contribution in [0.4, 0.5) is 0 Å². The van der Waals surface area contributed by atoms with Crippen LogP contribution in [0.1, 0.15) is 13.8 Å². The molecule has 0 bridgehead atoms. The number of rotatable bonds is 4. The molecule has 0 aliphatic rings. The molecule has 0 aromatic heterocycles. The Balaban J connectivity index is 4.08. The second kappa shape index (κ2) is 4.26. The predicted octanol–water partition coefficient (Wildman–Crippen LogP) is 0.616. The number of carbonyl (C=O) groups is 1. The first kappa shape index (κ1) is 11.2. The molecule has 0 saturated heterocycles. The molecule has 0 rings (SSSR count). The summed E-state index contributed by atoms with van der Waals surface area (Å²) in [5.41, 5.74) is 5.51. The Bertz CT molecular complexity index is 175. The van der Waals surface area contributed by atoms with Crippen molar-refractivity contribution in [2.24, 2.45) is 11.1 Å². The van der Waals surface area contributed by atoms with Crippen molar-refractivity contribution in [1.29, 1.82) is 0 Å². The van der Waals surface area contributed by atoms with Gasteiger partial charge in [-0.1, -0.05) is 20.4 Å². The highest BCUT2D eigenvalue weighted by Crippen LogP contribution is 2.13. The molecule has 70 valence electrons. The van der Waals surface area contributed by atoms with E-state index in [-0.39, 0.29) is 11.3 Å². The van der Waals surface area contributed by atoms with E-state index in [1.165, 1.54) is 6.08 Å². The van der Waals surface area contributed by atoms with Gasteiger partial charge >= 0.3 is 0 Å². The van der Waals surface area contributed by atoms with Crippen molar-refractivity contribution >= 4 is 5.91 Å². The van der Waals surface area contributed by atoms with Crippen LogP contribution in [-0.2, 0) is 4.79 Å². The topological polar surface area (TPSA) is 46.3 Å². The predicted molar refractivity (Wildman–Crippen MR) is 50.7 cm³/mol. The Morgan fingerprint density at radius 2 is 2.17 bits per heavy atom. The van der Waals surface area contributed by atoms with Crippen molar-refractivity contribution in [2.75, 3.05) is 20.1 Å². The molecule has 0 heterocycles. The summed E-state index contributed by atoms with van der Waals surface area (Å²) < 4.78 is 0. The highest BCUT2D eigenvalue weighted by molar-refractivity contribution is 5.86. The maximum Gasteiger partial charge on any atom is 0.245 e. The van der Waals surface area contributed by atoms with Crippen LogP contribution in [0.5, 0.6) is 0 Å². The zero-order chi connectivity index (χ0) is 9.78. The molecule has 3 nitrogen and oxygen atoms in total. The molecule has 3 heteroatoms. The van der Waals surface area contributed by atoms with Gasteiger partial charge in [-0.3, -0.25) is 4.79 Å². The molecule has 12 heavy (non-hydrogen) atoms. The summed E-state index contributed by atoms with van der Waals surface area (Å²) in [5, 5.41) is 0. The van der Waals surface area contributed by atoms with Crippen LogP contribution in [0.2, 0.25) is 0 Å². The SMILES string of the molecule is C=CC(=O)N(C)CC(C)(C)CN. The Hall–Kier alpha value is -0.830. The van der Waals surface area contributed by atoms with Crippen molar-refractivity contribution in [2.45, 2.75) is 13.8 Å². The fraction of sp³-hybridized carbons (Fsp3) is 0.667. The van der Waals surface area contributed by atoms with Crippen LogP contribution in [-0.4, -0.2) is 30.9 Å². The maximum atomic E-state index is 11.1. The monoisotopic (exact) mass is 170 g/mol. The average Bonchev–Trinajstić information content (AvgIpc) is 2.02. The van der Waals surface area contributed by atoms with E-state index in [2.05, 4.69) is 6.58 Å². The fourth-order valence-electron chi connectivity index (χ4n) is 0.940. The maximum absolute atomic E-state index is 11.1. The standard InChI is InChI=1S/C9H18N2O/c1-5-8(12)11(4)7-9(2,3)6-10/h5H,1,6-7,10H2,2-4H3. The van der Waals surface area contributed by atoms with Gasteiger partial charge in [-0.25, -0.2) is 0 Å². The van der Waals surface area contributed by atoms with Gasteiger partial charge in [0.05, 0.1) is 0 Å². The summed E-state index contributed by atoms with van der Waals surface area (Å²) in [7, 11) is 1.75. The first-order chi connectivity index (χ1) is 5.43. The zero-order valence-corrected chi connectivity index (χ0v) is 8.13. The first-order valence-corrected chi connectivity index (χ1v) is 4.00. The van der Waals surface area contributed by atoms with Gasteiger partial charge in [-0.2, -0.15) is 0 Å². The van der Waals surface area contributed by atoms with Crippen LogP contribution in [0.25, 0.3) is 0 Å². The number of likely N-dealkylation sites (N-methyl/N-ethyl adjacent to an activating group) is 1. The molecule has 2 N–H and O–H groups in total. The quantitative estimate of drug-likeness (QED) is 0.628. The molecule has 0 aliphatic carbocycles. The molecule has 0 radical (unpaired) electrons. The van der Waals surface area contributed by atoms with E-state index in [1.807, 2.05) is 13.8 Å². The van der Waals surface area contributed by atoms with Crippen LogP contribution in [0, 0.1) is 5.41 Å². The second-order valence-corrected chi connectivity index (χ2v) is 3.77. The number of hydrogen-bond acceptors (Lipinski definition) is 2. The molecular weight excluding hydrogens is 152 g/mol. The van der Waals surface area contributed by atoms with Crippen LogP contribution in [0.3, 0.4) is 0 Å². The van der Waals surface area contributed by atoms with Crippen molar-refractivity contribution in [3.63, 3.8) is 0 Å². The number of nitrogens with two attached hydrogens (primary N) is 1. The fourth-order valence-corrected chi connectivity index (χ4v) is 0.940. The van der Waals surface area contributed by atoms with Gasteiger partial charge in [-0.15, -0.1) is 0 Å². The van der Waals surface area contributed by atoms with Gasteiger partial charge in [0, 0.05) is 13.6 Å². The van der Waals surface area contributed by atoms with E-state index < -0.39 is 0 Å². The average molecular weight is 170 g/mol. The van der Waals surface area contributed by atoms with E-state index >= 15 is 0 Å². The lowest BCUT2D eigenvalue weighted by Crippen LogP contribution is -2.39. The zero-order valence-electron chi connectivity index (χ0n) is 8.13. The van der Waals surface area contributed by atoms with Crippen molar-refractivity contribution in [3.8, 4) is 0 Å². The second-order valence-electron chi connectivity index (χ2n) is 3.77. The lowest BCUT2D eigenvalue weighted by molar-refractivity contribution is -0.125. The molecule has 0 aromatic carbocycles. The van der Waals surface area contributed by atoms with E-state index in [4.69, 9.17) is 5.73 Å². The van der Waals surface area contributed by atoms with E-state index in [1.54, 1.807) is 11.9 Å². The minimum Gasteiger partial charge on any atom is -0.342 e. The lowest BCUT2D eigenvalue weighted by atomic mass is 9.93. The molecular formula is C9H18N2O. The molecule has 0 saturated carbocycles. The summed E-state index contributed by atoms with van der Waals surface area (Å²) in [6.45, 7) is 8.70. The first-order valence-electron chi connectivity index (χ1n) is 4.00. The van der Waals surface area contributed by atoms with Crippen LogP contribution in [0.15, 0.2) is 12.7 Å². The third-order valence-electron chi connectivity index (χ3n) is 1.77. The Labute approximate surface area is 74.2 Å². The van der Waals surface area contributed by atoms with E-state index in [0.717, 1.165) is 0 Å². The van der Waals surface area contributed by atoms with Crippen LogP contribution >= 0.6 is 0 Å². The summed E-state index contributed by atoms with van der Waals surface area (Å²) in [6, 6.07) is 0. The van der Waals surface area contributed by atoms with Gasteiger partial charge in [0.15, 0.2) is 0 Å². The number of amides is 1. The Morgan fingerprint density at radius 1 is 1.67 bits per heavy atom. The molecule has 0 aliphatic heterocycles. The van der Waals surface area contributed by atoms with Crippen LogP contribution < -0.4 is 5.73 Å². The van der Waals surface area contributed by atoms with Crippen molar-refractivity contribution < 1.29 is 4.79 Å². The third kappa shape index (κ3) is 3.53. The van der Waals surface area contributed by atoms with Gasteiger partial charge < -0.3 is 10.6 Å². The molecule has 0 unspecified atom stereocenters. The van der Waals surface area contributed by atoms with Gasteiger partial charge in [0.2, 0.25) is 5.91 Å². The summed E-state index contributed by atoms with van der Waals surface area (Å²) in [4.78, 5) is 12.7. The summed E-state index contributed by atoms with van der Waals surface area (Å²) in [5.74, 6) is -0.0588. The van der Waals surface area contributed by atoms with E-state index in [0.29, 0.717) is 13.1 Å². The van der Waals surface area contributed by atoms with E-state index in [9.17, 15) is 4.79 Å². The van der Waals surface area contributed by atoms with Gasteiger partial charge in [0.25, 0.3) is 0 Å². The third-order valence-corrected chi connectivity index (χ3v) is 1.77. The Morgan fingerprint density at radius 3 is 2.50 bits per heavy atom. The number of hydrogen-bond donors (Lipinski definition) is 1. The van der Waals surface area contributed by atoms with Gasteiger partial charge in [-0.05, 0) is 18.0 Å². The summed E-state index contributed by atoms with van der Waals surface area (Å²) >= 11 is 0. The smallest absolute Gasteiger partial charge is 0.245 e. The molecule has 1 amide bonds. The van der Waals surface area contributed by atoms with Crippen molar-refractivity contribution in [1.82, 2.24) is 4.90 Å². The minimum atomic E-state index is -0.0588. The summed E-state index contributed by atoms with van der Waals surface area (Å²) in [6.07, 6.45) is 1.31. The highest BCUT2D eigenvalue weighted by Gasteiger charge is 2.19. The molecule has 0 aromatic rings. The molecule has 0 fully saturated rings. The largest absolute Gasteiger partial charge is 0.342 e. The highest BCUT2D eigenvalue weighted by atomic mass is 16.2. The number of carbonyl (C=O) groups excluding carboxylic acids is 1. The van der Waals surface area contributed by atoms with Gasteiger partial charge in [0.1, 0.15) is 0 Å².